The summed E-state index contributed by atoms with van der Waals surface area (Å²) in [5, 5.41) is 7.86. The minimum atomic E-state index is 0.717. The molecule has 0 atom stereocenters. The number of hydrogen-bond acceptors (Lipinski definition) is 4. The molecule has 0 spiro atoms. The number of anilines is 1. The number of nitrogens with one attached hydrogen (secondary N) is 1. The number of benzene rings is 1. The molecule has 23 heavy (non-hydrogen) atoms. The smallest absolute Gasteiger partial charge is 0.165 e. The largest absolute Gasteiger partial charge is 0.366 e. The van der Waals surface area contributed by atoms with E-state index >= 15 is 0 Å². The van der Waals surface area contributed by atoms with E-state index in [1.54, 1.807) is 0 Å². The summed E-state index contributed by atoms with van der Waals surface area (Å²) in [7, 11) is 1.94. The Kier molecular flexibility index (Phi) is 4.10. The summed E-state index contributed by atoms with van der Waals surface area (Å²) in [6, 6.07) is 10.3. The molecule has 3 rings (SSSR count). The van der Waals surface area contributed by atoms with E-state index < -0.39 is 0 Å². The second-order valence-corrected chi connectivity index (χ2v) is 5.73. The van der Waals surface area contributed by atoms with Crippen molar-refractivity contribution >= 4 is 5.82 Å². The van der Waals surface area contributed by atoms with Crippen molar-refractivity contribution < 1.29 is 0 Å². The molecule has 0 fully saturated rings. The van der Waals surface area contributed by atoms with Crippen LogP contribution in [0.1, 0.15) is 22.5 Å². The molecule has 0 saturated heterocycles. The van der Waals surface area contributed by atoms with Crippen molar-refractivity contribution in [1.82, 2.24) is 19.7 Å². The summed E-state index contributed by atoms with van der Waals surface area (Å²) in [5.74, 6) is 1.58. The summed E-state index contributed by atoms with van der Waals surface area (Å²) in [5.41, 5.74) is 5.28. The maximum absolute atomic E-state index is 4.72. The molecule has 0 unspecified atom stereocenters. The molecule has 0 aliphatic heterocycles. The first-order valence-electron chi connectivity index (χ1n) is 7.68. The van der Waals surface area contributed by atoms with Crippen molar-refractivity contribution in [3.8, 4) is 11.4 Å². The fourth-order valence-corrected chi connectivity index (χ4v) is 2.62. The van der Waals surface area contributed by atoms with Gasteiger partial charge in [-0.1, -0.05) is 30.3 Å². The Bertz CT molecular complexity index is 821. The van der Waals surface area contributed by atoms with Crippen LogP contribution in [0.3, 0.4) is 0 Å². The fourth-order valence-electron chi connectivity index (χ4n) is 2.62. The summed E-state index contributed by atoms with van der Waals surface area (Å²) in [6.07, 6.45) is 1.86. The maximum Gasteiger partial charge on any atom is 0.165 e. The van der Waals surface area contributed by atoms with Gasteiger partial charge in [0.25, 0.3) is 0 Å². The van der Waals surface area contributed by atoms with Gasteiger partial charge in [0.15, 0.2) is 5.82 Å². The van der Waals surface area contributed by atoms with Gasteiger partial charge >= 0.3 is 0 Å². The van der Waals surface area contributed by atoms with Crippen molar-refractivity contribution in [3.63, 3.8) is 0 Å². The first-order chi connectivity index (χ1) is 11.1. The predicted molar refractivity (Wildman–Crippen MR) is 92.2 cm³/mol. The van der Waals surface area contributed by atoms with Gasteiger partial charge in [-0.15, -0.1) is 0 Å². The average molecular weight is 307 g/mol. The summed E-state index contributed by atoms with van der Waals surface area (Å²) in [4.78, 5) is 9.21. The van der Waals surface area contributed by atoms with Crippen LogP contribution in [-0.4, -0.2) is 19.7 Å². The Balaban J connectivity index is 1.90. The third-order valence-electron chi connectivity index (χ3n) is 4.01. The van der Waals surface area contributed by atoms with Gasteiger partial charge in [0.2, 0.25) is 0 Å². The number of aromatic nitrogens is 4. The molecule has 1 aromatic carbocycles. The van der Waals surface area contributed by atoms with E-state index in [-0.39, 0.29) is 0 Å². The SMILES string of the molecule is Cc1cnc(-c2c(C)nn(C)c2C)nc1NCc1ccccc1. The molecule has 0 aliphatic carbocycles. The van der Waals surface area contributed by atoms with E-state index in [4.69, 9.17) is 4.98 Å². The molecular formula is C18H21N5. The van der Waals surface area contributed by atoms with Crippen molar-refractivity contribution in [2.45, 2.75) is 27.3 Å². The molecule has 5 nitrogen and oxygen atoms in total. The van der Waals surface area contributed by atoms with E-state index in [1.807, 2.05) is 56.9 Å². The highest BCUT2D eigenvalue weighted by atomic mass is 15.3. The highest BCUT2D eigenvalue weighted by molar-refractivity contribution is 5.63. The zero-order chi connectivity index (χ0) is 16.4. The minimum absolute atomic E-state index is 0.717. The number of hydrogen-bond donors (Lipinski definition) is 1. The van der Waals surface area contributed by atoms with Crippen LogP contribution in [0, 0.1) is 20.8 Å². The highest BCUT2D eigenvalue weighted by Crippen LogP contribution is 2.25. The van der Waals surface area contributed by atoms with Gasteiger partial charge in [-0.05, 0) is 26.3 Å². The second kappa shape index (κ2) is 6.20. The molecule has 2 aromatic heterocycles. The summed E-state index contributed by atoms with van der Waals surface area (Å²) >= 11 is 0. The summed E-state index contributed by atoms with van der Waals surface area (Å²) < 4.78 is 1.87. The third-order valence-corrected chi connectivity index (χ3v) is 4.01. The average Bonchev–Trinajstić information content (AvgIpc) is 2.80. The topological polar surface area (TPSA) is 55.6 Å². The standard InChI is InChI=1S/C18H21N5/c1-12-10-19-18(16-13(2)22-23(4)14(16)3)21-17(12)20-11-15-8-6-5-7-9-15/h5-10H,11H2,1-4H3,(H,19,20,21). The Morgan fingerprint density at radius 1 is 1.09 bits per heavy atom. The monoisotopic (exact) mass is 307 g/mol. The molecule has 1 N–H and O–H groups in total. The lowest BCUT2D eigenvalue weighted by Crippen LogP contribution is -2.05. The lowest BCUT2D eigenvalue weighted by atomic mass is 10.2. The van der Waals surface area contributed by atoms with Crippen LogP contribution in [0.5, 0.6) is 0 Å². The zero-order valence-corrected chi connectivity index (χ0v) is 14.0. The Morgan fingerprint density at radius 2 is 1.83 bits per heavy atom. The molecule has 5 heteroatoms. The third kappa shape index (κ3) is 3.08. The van der Waals surface area contributed by atoms with Crippen molar-refractivity contribution in [1.29, 1.82) is 0 Å². The van der Waals surface area contributed by atoms with Crippen LogP contribution >= 0.6 is 0 Å². The van der Waals surface area contributed by atoms with Crippen LogP contribution in [0.4, 0.5) is 5.82 Å². The Morgan fingerprint density at radius 3 is 2.48 bits per heavy atom. The molecule has 0 radical (unpaired) electrons. The van der Waals surface area contributed by atoms with Crippen LogP contribution in [0.15, 0.2) is 36.5 Å². The van der Waals surface area contributed by atoms with E-state index in [2.05, 4.69) is 27.5 Å². The van der Waals surface area contributed by atoms with E-state index in [1.165, 1.54) is 5.56 Å². The molecule has 0 saturated carbocycles. The second-order valence-electron chi connectivity index (χ2n) is 5.73. The van der Waals surface area contributed by atoms with Gasteiger partial charge in [-0.25, -0.2) is 9.97 Å². The van der Waals surface area contributed by atoms with E-state index in [9.17, 15) is 0 Å². The molecule has 2 heterocycles. The van der Waals surface area contributed by atoms with Crippen LogP contribution in [0.25, 0.3) is 11.4 Å². The molecule has 3 aromatic rings. The van der Waals surface area contributed by atoms with Crippen LogP contribution in [-0.2, 0) is 13.6 Å². The molecule has 0 aliphatic rings. The molecule has 0 bridgehead atoms. The first-order valence-corrected chi connectivity index (χ1v) is 7.68. The number of aryl methyl sites for hydroxylation is 3. The fraction of sp³-hybridized carbons (Fsp3) is 0.278. The van der Waals surface area contributed by atoms with Gasteiger partial charge in [0.05, 0.1) is 11.3 Å². The van der Waals surface area contributed by atoms with Gasteiger partial charge in [-0.3, -0.25) is 4.68 Å². The van der Waals surface area contributed by atoms with Crippen molar-refractivity contribution in [2.75, 3.05) is 5.32 Å². The summed E-state index contributed by atoms with van der Waals surface area (Å²) in [6.45, 7) is 6.78. The predicted octanol–water partition coefficient (Wildman–Crippen LogP) is 3.41. The van der Waals surface area contributed by atoms with Crippen LogP contribution in [0.2, 0.25) is 0 Å². The lowest BCUT2D eigenvalue weighted by molar-refractivity contribution is 0.731. The van der Waals surface area contributed by atoms with Crippen molar-refractivity contribution in [2.24, 2.45) is 7.05 Å². The van der Waals surface area contributed by atoms with Crippen LogP contribution < -0.4 is 5.32 Å². The lowest BCUT2D eigenvalue weighted by Gasteiger charge is -2.10. The minimum Gasteiger partial charge on any atom is -0.366 e. The number of nitrogens with zero attached hydrogens (tertiary/aromatic N) is 4. The van der Waals surface area contributed by atoms with Gasteiger partial charge < -0.3 is 5.32 Å². The van der Waals surface area contributed by atoms with Crippen molar-refractivity contribution in [3.05, 3.63) is 59.0 Å². The van der Waals surface area contributed by atoms with Gasteiger partial charge in [-0.2, -0.15) is 5.10 Å². The zero-order valence-electron chi connectivity index (χ0n) is 14.0. The van der Waals surface area contributed by atoms with E-state index in [0.29, 0.717) is 5.82 Å². The maximum atomic E-state index is 4.72. The van der Waals surface area contributed by atoms with Gasteiger partial charge in [0, 0.05) is 31.0 Å². The highest BCUT2D eigenvalue weighted by Gasteiger charge is 2.15. The number of rotatable bonds is 4. The Labute approximate surface area is 136 Å². The van der Waals surface area contributed by atoms with E-state index in [0.717, 1.165) is 34.9 Å². The molecule has 118 valence electrons. The Hall–Kier alpha value is -2.69. The molecule has 0 amide bonds. The molecular weight excluding hydrogens is 286 g/mol. The van der Waals surface area contributed by atoms with Gasteiger partial charge in [0.1, 0.15) is 5.82 Å². The first kappa shape index (κ1) is 15.2. The normalized spacial score (nSPS) is 10.8. The quantitative estimate of drug-likeness (QED) is 0.802.